The molecule has 2 aliphatic rings. The number of thiazole rings is 1. The lowest BCUT2D eigenvalue weighted by molar-refractivity contribution is 0.135. The standard InChI is InChI=1S/C12H19N3S/c1-9-8-16-11(14-9)15-10-3-6-13-12(7-10)4-2-5-12/h8,10,13H,2-7H2,1H3,(H,14,15). The Balaban J connectivity index is 1.62. The number of nitrogens with one attached hydrogen (secondary N) is 2. The van der Waals surface area contributed by atoms with Gasteiger partial charge in [0.05, 0.1) is 5.69 Å². The van der Waals surface area contributed by atoms with Crippen LogP contribution >= 0.6 is 11.3 Å². The Labute approximate surface area is 101 Å². The highest BCUT2D eigenvalue weighted by atomic mass is 32.1. The maximum Gasteiger partial charge on any atom is 0.183 e. The Bertz CT molecular complexity index is 370. The molecular weight excluding hydrogens is 218 g/mol. The van der Waals surface area contributed by atoms with Gasteiger partial charge in [-0.15, -0.1) is 11.3 Å². The van der Waals surface area contributed by atoms with Crippen molar-refractivity contribution in [2.45, 2.75) is 50.6 Å². The van der Waals surface area contributed by atoms with Crippen molar-refractivity contribution in [2.75, 3.05) is 11.9 Å². The van der Waals surface area contributed by atoms with Crippen molar-refractivity contribution < 1.29 is 0 Å². The Hall–Kier alpha value is -0.610. The van der Waals surface area contributed by atoms with Gasteiger partial charge in [0.15, 0.2) is 5.13 Å². The van der Waals surface area contributed by atoms with Crippen molar-refractivity contribution in [2.24, 2.45) is 0 Å². The van der Waals surface area contributed by atoms with Crippen LogP contribution in [0.4, 0.5) is 5.13 Å². The van der Waals surface area contributed by atoms with Gasteiger partial charge in [0.1, 0.15) is 0 Å². The SMILES string of the molecule is Cc1csc(NC2CCNC3(CCC3)C2)n1. The number of hydrogen-bond donors (Lipinski definition) is 2. The summed E-state index contributed by atoms with van der Waals surface area (Å²) in [5.74, 6) is 0. The van der Waals surface area contributed by atoms with Gasteiger partial charge in [-0.25, -0.2) is 4.98 Å². The van der Waals surface area contributed by atoms with Crippen molar-refractivity contribution >= 4 is 16.5 Å². The summed E-state index contributed by atoms with van der Waals surface area (Å²) in [6.45, 7) is 3.21. The summed E-state index contributed by atoms with van der Waals surface area (Å²) in [5.41, 5.74) is 1.60. The van der Waals surface area contributed by atoms with Crippen molar-refractivity contribution in [3.05, 3.63) is 11.1 Å². The lowest BCUT2D eigenvalue weighted by Crippen LogP contribution is -2.58. The van der Waals surface area contributed by atoms with E-state index in [1.165, 1.54) is 32.1 Å². The highest BCUT2D eigenvalue weighted by molar-refractivity contribution is 7.13. The van der Waals surface area contributed by atoms with E-state index in [2.05, 4.69) is 27.9 Å². The summed E-state index contributed by atoms with van der Waals surface area (Å²) in [4.78, 5) is 4.48. The van der Waals surface area contributed by atoms with E-state index in [9.17, 15) is 0 Å². The van der Waals surface area contributed by atoms with Gasteiger partial charge in [0.2, 0.25) is 0 Å². The predicted molar refractivity (Wildman–Crippen MR) is 68.1 cm³/mol. The van der Waals surface area contributed by atoms with E-state index in [1.807, 2.05) is 0 Å². The molecule has 88 valence electrons. The third-order valence-corrected chi connectivity index (χ3v) is 4.78. The molecule has 4 heteroatoms. The van der Waals surface area contributed by atoms with Crippen LogP contribution in [0.5, 0.6) is 0 Å². The molecule has 2 N–H and O–H groups in total. The maximum atomic E-state index is 4.48. The van der Waals surface area contributed by atoms with E-state index < -0.39 is 0 Å². The summed E-state index contributed by atoms with van der Waals surface area (Å²) in [5, 5.41) is 10.5. The molecule has 3 rings (SSSR count). The molecule has 1 saturated heterocycles. The topological polar surface area (TPSA) is 37.0 Å². The van der Waals surface area contributed by atoms with Crippen LogP contribution in [0.2, 0.25) is 0 Å². The highest BCUT2D eigenvalue weighted by Gasteiger charge is 2.40. The minimum absolute atomic E-state index is 0.474. The van der Waals surface area contributed by atoms with Crippen LogP contribution < -0.4 is 10.6 Å². The molecule has 0 amide bonds. The van der Waals surface area contributed by atoms with Crippen molar-refractivity contribution in [1.29, 1.82) is 0 Å². The lowest BCUT2D eigenvalue weighted by atomic mass is 9.70. The summed E-state index contributed by atoms with van der Waals surface area (Å²) >= 11 is 1.73. The number of nitrogens with zero attached hydrogens (tertiary/aromatic N) is 1. The third-order valence-electron chi connectivity index (χ3n) is 3.89. The van der Waals surface area contributed by atoms with Gasteiger partial charge >= 0.3 is 0 Å². The van der Waals surface area contributed by atoms with Crippen LogP contribution in [0.25, 0.3) is 0 Å². The largest absolute Gasteiger partial charge is 0.359 e. The molecule has 3 nitrogen and oxygen atoms in total. The Morgan fingerprint density at radius 2 is 2.44 bits per heavy atom. The van der Waals surface area contributed by atoms with Crippen LogP contribution in [0.15, 0.2) is 5.38 Å². The van der Waals surface area contributed by atoms with E-state index in [0.717, 1.165) is 17.4 Å². The first-order valence-corrected chi connectivity index (χ1v) is 7.07. The summed E-state index contributed by atoms with van der Waals surface area (Å²) in [6.07, 6.45) is 6.62. The van der Waals surface area contributed by atoms with Gasteiger partial charge in [-0.1, -0.05) is 0 Å². The zero-order valence-corrected chi connectivity index (χ0v) is 10.6. The van der Waals surface area contributed by atoms with Gasteiger partial charge in [-0.3, -0.25) is 0 Å². The number of anilines is 1. The second kappa shape index (κ2) is 4.00. The summed E-state index contributed by atoms with van der Waals surface area (Å²) in [7, 11) is 0. The molecule has 1 unspecified atom stereocenters. The second-order valence-corrected chi connectivity index (χ2v) is 6.05. The van der Waals surface area contributed by atoms with Gasteiger partial charge in [0, 0.05) is 17.0 Å². The molecule has 2 heterocycles. The molecule has 1 saturated carbocycles. The fourth-order valence-corrected chi connectivity index (χ4v) is 3.63. The van der Waals surface area contributed by atoms with Crippen LogP contribution in [0.1, 0.15) is 37.8 Å². The lowest BCUT2D eigenvalue weighted by Gasteiger charge is -2.48. The van der Waals surface area contributed by atoms with Crippen molar-refractivity contribution in [3.63, 3.8) is 0 Å². The molecule has 16 heavy (non-hydrogen) atoms. The first-order valence-electron chi connectivity index (χ1n) is 6.20. The Kier molecular flexibility index (Phi) is 2.64. The molecule has 0 radical (unpaired) electrons. The number of hydrogen-bond acceptors (Lipinski definition) is 4. The number of piperidine rings is 1. The summed E-state index contributed by atoms with van der Waals surface area (Å²) in [6, 6.07) is 0.618. The minimum atomic E-state index is 0.474. The molecule has 1 atom stereocenters. The zero-order chi connectivity index (χ0) is 11.0. The highest BCUT2D eigenvalue weighted by Crippen LogP contribution is 2.39. The second-order valence-electron chi connectivity index (χ2n) is 5.19. The fourth-order valence-electron chi connectivity index (χ4n) is 2.86. The van der Waals surface area contributed by atoms with E-state index in [1.54, 1.807) is 11.3 Å². The molecule has 0 bridgehead atoms. The van der Waals surface area contributed by atoms with E-state index in [-0.39, 0.29) is 0 Å². The van der Waals surface area contributed by atoms with Crippen LogP contribution in [-0.4, -0.2) is 23.1 Å². The quantitative estimate of drug-likeness (QED) is 0.830. The smallest absolute Gasteiger partial charge is 0.183 e. The van der Waals surface area contributed by atoms with Gasteiger partial charge in [-0.05, 0) is 45.6 Å². The van der Waals surface area contributed by atoms with Crippen LogP contribution in [-0.2, 0) is 0 Å². The maximum absolute atomic E-state index is 4.48. The van der Waals surface area contributed by atoms with Gasteiger partial charge in [0.25, 0.3) is 0 Å². The first kappa shape index (κ1) is 10.5. The molecule has 2 fully saturated rings. The predicted octanol–water partition coefficient (Wildman–Crippen LogP) is 2.54. The third kappa shape index (κ3) is 1.96. The average molecular weight is 237 g/mol. The van der Waals surface area contributed by atoms with E-state index >= 15 is 0 Å². The average Bonchev–Trinajstić information content (AvgIpc) is 2.62. The molecule has 1 aromatic heterocycles. The van der Waals surface area contributed by atoms with Crippen LogP contribution in [0, 0.1) is 6.92 Å². The van der Waals surface area contributed by atoms with Gasteiger partial charge < -0.3 is 10.6 Å². The van der Waals surface area contributed by atoms with Crippen molar-refractivity contribution in [3.8, 4) is 0 Å². The van der Waals surface area contributed by atoms with E-state index in [0.29, 0.717) is 11.6 Å². The summed E-state index contributed by atoms with van der Waals surface area (Å²) < 4.78 is 0. The molecule has 1 aliphatic carbocycles. The van der Waals surface area contributed by atoms with Crippen molar-refractivity contribution in [1.82, 2.24) is 10.3 Å². The molecule has 0 aromatic carbocycles. The number of aromatic nitrogens is 1. The first-order chi connectivity index (χ1) is 7.76. The monoisotopic (exact) mass is 237 g/mol. The van der Waals surface area contributed by atoms with E-state index in [4.69, 9.17) is 0 Å². The molecule has 1 aromatic rings. The number of aryl methyl sites for hydroxylation is 1. The molecule has 1 aliphatic heterocycles. The Morgan fingerprint density at radius 3 is 3.06 bits per heavy atom. The zero-order valence-electron chi connectivity index (χ0n) is 9.75. The number of rotatable bonds is 2. The molecule has 1 spiro atoms. The van der Waals surface area contributed by atoms with Gasteiger partial charge in [-0.2, -0.15) is 0 Å². The van der Waals surface area contributed by atoms with Crippen LogP contribution in [0.3, 0.4) is 0 Å². The molecular formula is C12H19N3S. The normalized spacial score (nSPS) is 27.7. The Morgan fingerprint density at radius 1 is 1.56 bits per heavy atom. The fraction of sp³-hybridized carbons (Fsp3) is 0.750. The minimum Gasteiger partial charge on any atom is -0.359 e.